The zero-order valence-corrected chi connectivity index (χ0v) is 12.6. The molecule has 0 radical (unpaired) electrons. The van der Waals surface area contributed by atoms with Crippen molar-refractivity contribution in [1.29, 1.82) is 0 Å². The van der Waals surface area contributed by atoms with Gasteiger partial charge in [0.1, 0.15) is 0 Å². The van der Waals surface area contributed by atoms with Gasteiger partial charge in [0.2, 0.25) is 0 Å². The van der Waals surface area contributed by atoms with Crippen LogP contribution in [0.25, 0.3) is 0 Å². The number of carboxylic acid groups (broad SMARTS) is 1. The Bertz CT molecular complexity index is 602. The molecule has 104 valence electrons. The Hall–Kier alpha value is -1.72. The molecule has 0 unspecified atom stereocenters. The molecule has 0 aliphatic rings. The predicted octanol–water partition coefficient (Wildman–Crippen LogP) is 3.39. The molecule has 2 aromatic rings. The van der Waals surface area contributed by atoms with Crippen molar-refractivity contribution in [2.75, 3.05) is 0 Å². The van der Waals surface area contributed by atoms with Crippen molar-refractivity contribution in [3.63, 3.8) is 0 Å². The van der Waals surface area contributed by atoms with Crippen molar-refractivity contribution in [2.24, 2.45) is 0 Å². The number of hydrogen-bond donors (Lipinski definition) is 2. The molecule has 0 fully saturated rings. The topological polar surface area (TPSA) is 62.2 Å². The number of carboxylic acids is 1. The lowest BCUT2D eigenvalue weighted by atomic mass is 10.1. The number of aromatic carboxylic acids is 1. The molecule has 1 aromatic carbocycles. The van der Waals surface area contributed by atoms with E-state index < -0.39 is 5.97 Å². The summed E-state index contributed by atoms with van der Waals surface area (Å²) in [4.78, 5) is 15.2. The summed E-state index contributed by atoms with van der Waals surface area (Å²) in [5.74, 6) is -0.924. The third-order valence-corrected chi connectivity index (χ3v) is 3.77. The number of nitrogens with one attached hydrogen (secondary N) is 1. The molecule has 2 N–H and O–H groups in total. The summed E-state index contributed by atoms with van der Waals surface area (Å²) in [7, 11) is 0. The first-order valence-corrected chi connectivity index (χ1v) is 7.03. The number of halogens is 1. The van der Waals surface area contributed by atoms with E-state index in [0.717, 1.165) is 15.7 Å². The molecule has 0 saturated carbocycles. The Morgan fingerprint density at radius 3 is 2.80 bits per heavy atom. The lowest BCUT2D eigenvalue weighted by molar-refractivity contribution is 0.0697. The van der Waals surface area contributed by atoms with Crippen molar-refractivity contribution in [2.45, 2.75) is 19.5 Å². The van der Waals surface area contributed by atoms with Gasteiger partial charge in [-0.25, -0.2) is 4.79 Å². The summed E-state index contributed by atoms with van der Waals surface area (Å²) in [6.45, 7) is 2.68. The van der Waals surface area contributed by atoms with E-state index in [2.05, 4.69) is 26.2 Å². The Morgan fingerprint density at radius 1 is 1.40 bits per heavy atom. The predicted molar refractivity (Wildman–Crippen MR) is 80.6 cm³/mol. The second-order valence-corrected chi connectivity index (χ2v) is 5.32. The Labute approximate surface area is 126 Å². The van der Waals surface area contributed by atoms with Crippen LogP contribution in [0.15, 0.2) is 47.1 Å². The molecule has 1 atom stereocenters. The fourth-order valence-electron chi connectivity index (χ4n) is 1.82. The third kappa shape index (κ3) is 3.65. The Balaban J connectivity index is 2.02. The minimum atomic E-state index is -0.924. The molecule has 20 heavy (non-hydrogen) atoms. The van der Waals surface area contributed by atoms with Crippen LogP contribution in [-0.2, 0) is 6.54 Å². The second-order valence-electron chi connectivity index (χ2n) is 4.47. The molecular weight excluding hydrogens is 320 g/mol. The molecule has 0 amide bonds. The van der Waals surface area contributed by atoms with Gasteiger partial charge >= 0.3 is 5.97 Å². The van der Waals surface area contributed by atoms with Gasteiger partial charge in [-0.1, -0.05) is 28.1 Å². The number of hydrogen-bond acceptors (Lipinski definition) is 3. The molecule has 0 aliphatic heterocycles. The molecule has 0 saturated heterocycles. The van der Waals surface area contributed by atoms with Crippen LogP contribution in [0.2, 0.25) is 0 Å². The maximum absolute atomic E-state index is 10.9. The van der Waals surface area contributed by atoms with E-state index in [-0.39, 0.29) is 11.6 Å². The average molecular weight is 335 g/mol. The molecule has 2 rings (SSSR count). The summed E-state index contributed by atoms with van der Waals surface area (Å²) < 4.78 is 0.790. The van der Waals surface area contributed by atoms with Crippen LogP contribution in [0.4, 0.5) is 0 Å². The molecule has 1 heterocycles. The van der Waals surface area contributed by atoms with E-state index >= 15 is 0 Å². The smallest absolute Gasteiger partial charge is 0.335 e. The van der Waals surface area contributed by atoms with Gasteiger partial charge in [0.05, 0.1) is 11.3 Å². The molecule has 4 nitrogen and oxygen atoms in total. The van der Waals surface area contributed by atoms with Crippen molar-refractivity contribution in [3.8, 4) is 0 Å². The van der Waals surface area contributed by atoms with Crippen molar-refractivity contribution < 1.29 is 9.90 Å². The minimum absolute atomic E-state index is 0.127. The number of aromatic nitrogens is 1. The molecule has 5 heteroatoms. The van der Waals surface area contributed by atoms with Gasteiger partial charge in [-0.2, -0.15) is 0 Å². The summed E-state index contributed by atoms with van der Waals surface area (Å²) in [6.07, 6.45) is 1.77. The van der Waals surface area contributed by atoms with E-state index in [9.17, 15) is 4.79 Å². The van der Waals surface area contributed by atoms with Crippen molar-refractivity contribution >= 4 is 21.9 Å². The van der Waals surface area contributed by atoms with Gasteiger partial charge in [0.25, 0.3) is 0 Å². The van der Waals surface area contributed by atoms with E-state index in [0.29, 0.717) is 6.54 Å². The number of benzene rings is 1. The van der Waals surface area contributed by atoms with Crippen LogP contribution >= 0.6 is 15.9 Å². The molecule has 0 bridgehead atoms. The highest BCUT2D eigenvalue weighted by Crippen LogP contribution is 2.20. The molecule has 0 spiro atoms. The number of pyridine rings is 1. The maximum Gasteiger partial charge on any atom is 0.335 e. The highest BCUT2D eigenvalue weighted by molar-refractivity contribution is 9.10. The second kappa shape index (κ2) is 6.63. The largest absolute Gasteiger partial charge is 0.478 e. The molecular formula is C15H15BrN2O2. The quantitative estimate of drug-likeness (QED) is 0.879. The van der Waals surface area contributed by atoms with Crippen LogP contribution in [0, 0.1) is 0 Å². The van der Waals surface area contributed by atoms with Crippen molar-refractivity contribution in [1.82, 2.24) is 10.3 Å². The van der Waals surface area contributed by atoms with Gasteiger partial charge < -0.3 is 10.4 Å². The monoisotopic (exact) mass is 334 g/mol. The Kier molecular flexibility index (Phi) is 4.87. The lowest BCUT2D eigenvalue weighted by Crippen LogP contribution is -2.19. The van der Waals surface area contributed by atoms with Crippen molar-refractivity contribution in [3.05, 3.63) is 63.9 Å². The number of carbonyl (C=O) groups is 1. The Morgan fingerprint density at radius 2 is 2.20 bits per heavy atom. The van der Waals surface area contributed by atoms with E-state index in [1.165, 1.54) is 0 Å². The number of nitrogens with zero attached hydrogens (tertiary/aromatic N) is 1. The van der Waals surface area contributed by atoms with Gasteiger partial charge in [-0.05, 0) is 36.8 Å². The summed E-state index contributed by atoms with van der Waals surface area (Å²) in [5.41, 5.74) is 2.27. The summed E-state index contributed by atoms with van der Waals surface area (Å²) in [6, 6.07) is 11.0. The third-order valence-electron chi connectivity index (χ3n) is 3.03. The average Bonchev–Trinajstić information content (AvgIpc) is 2.46. The highest BCUT2D eigenvalue weighted by Gasteiger charge is 2.09. The normalized spacial score (nSPS) is 12.1. The standard InChI is InChI=1S/C15H15BrN2O2/c1-10(14-4-2-3-7-17-14)18-9-12-6-5-11(15(19)20)8-13(12)16/h2-8,10,18H,9H2,1H3,(H,19,20)/t10-/m1/s1. The molecule has 1 aromatic heterocycles. The van der Waals surface area contributed by atoms with Gasteiger partial charge in [-0.3, -0.25) is 4.98 Å². The van der Waals surface area contributed by atoms with Gasteiger partial charge in [0.15, 0.2) is 0 Å². The van der Waals surface area contributed by atoms with Crippen LogP contribution in [0.5, 0.6) is 0 Å². The van der Waals surface area contributed by atoms with Crippen LogP contribution in [0.1, 0.15) is 34.6 Å². The SMILES string of the molecule is C[C@@H](NCc1ccc(C(=O)O)cc1Br)c1ccccn1. The zero-order valence-electron chi connectivity index (χ0n) is 11.0. The fourth-order valence-corrected chi connectivity index (χ4v) is 2.34. The zero-order chi connectivity index (χ0) is 14.5. The number of rotatable bonds is 5. The first-order valence-electron chi connectivity index (χ1n) is 6.24. The first kappa shape index (κ1) is 14.7. The minimum Gasteiger partial charge on any atom is -0.478 e. The highest BCUT2D eigenvalue weighted by atomic mass is 79.9. The summed E-state index contributed by atoms with van der Waals surface area (Å²) in [5, 5.41) is 12.3. The first-order chi connectivity index (χ1) is 9.58. The van der Waals surface area contributed by atoms with E-state index in [1.807, 2.05) is 31.2 Å². The van der Waals surface area contributed by atoms with Gasteiger partial charge in [-0.15, -0.1) is 0 Å². The maximum atomic E-state index is 10.9. The lowest BCUT2D eigenvalue weighted by Gasteiger charge is -2.14. The summed E-state index contributed by atoms with van der Waals surface area (Å²) >= 11 is 3.40. The van der Waals surface area contributed by atoms with E-state index in [4.69, 9.17) is 5.11 Å². The fraction of sp³-hybridized carbons (Fsp3) is 0.200. The van der Waals surface area contributed by atoms with Crippen LogP contribution in [0.3, 0.4) is 0 Å². The molecule has 0 aliphatic carbocycles. The van der Waals surface area contributed by atoms with Crippen LogP contribution in [-0.4, -0.2) is 16.1 Å². The van der Waals surface area contributed by atoms with E-state index in [1.54, 1.807) is 18.3 Å². The van der Waals surface area contributed by atoms with Gasteiger partial charge in [0, 0.05) is 23.3 Å². The van der Waals surface area contributed by atoms with Crippen LogP contribution < -0.4 is 5.32 Å².